The molecule has 0 spiro atoms. The number of nitriles is 1. The third-order valence-electron chi connectivity index (χ3n) is 4.96. The molecule has 150 valence electrons. The van der Waals surface area contributed by atoms with Crippen molar-refractivity contribution >= 4 is 11.9 Å². The Kier molecular flexibility index (Phi) is 6.85. The summed E-state index contributed by atoms with van der Waals surface area (Å²) in [5, 5.41) is 8.88. The standard InChI is InChI=1S/C23H24N2O4/c1-2-28-23(27)20-4-3-13-25(15-20)22(26)16-29-21-11-9-19(10-12-21)18-7-5-17(14-24)6-8-18/h5-12,20H,2-4,13,15-16H2,1H3. The molecule has 1 amide bonds. The fraction of sp³-hybridized carbons (Fsp3) is 0.348. The number of ether oxygens (including phenoxy) is 2. The molecule has 1 aliphatic rings. The zero-order valence-electron chi connectivity index (χ0n) is 16.5. The van der Waals surface area contributed by atoms with E-state index in [2.05, 4.69) is 6.07 Å². The monoisotopic (exact) mass is 392 g/mol. The Hall–Kier alpha value is -3.33. The van der Waals surface area contributed by atoms with Crippen LogP contribution in [0.2, 0.25) is 0 Å². The average molecular weight is 392 g/mol. The normalized spacial score (nSPS) is 16.0. The number of esters is 1. The molecule has 6 heteroatoms. The summed E-state index contributed by atoms with van der Waals surface area (Å²) in [5.74, 6) is -0.00599. The van der Waals surface area contributed by atoms with Crippen LogP contribution in [0.25, 0.3) is 11.1 Å². The van der Waals surface area contributed by atoms with Crippen LogP contribution >= 0.6 is 0 Å². The van der Waals surface area contributed by atoms with Gasteiger partial charge in [-0.25, -0.2) is 0 Å². The predicted octanol–water partition coefficient (Wildman–Crippen LogP) is 3.41. The van der Waals surface area contributed by atoms with Gasteiger partial charge in [-0.2, -0.15) is 5.26 Å². The SMILES string of the molecule is CCOC(=O)C1CCCN(C(=O)COc2ccc(-c3ccc(C#N)cc3)cc2)C1. The lowest BCUT2D eigenvalue weighted by Crippen LogP contribution is -2.44. The molecular formula is C23H24N2O4. The molecule has 1 saturated heterocycles. The van der Waals surface area contributed by atoms with Gasteiger partial charge < -0.3 is 14.4 Å². The summed E-state index contributed by atoms with van der Waals surface area (Å²) in [6.07, 6.45) is 1.54. The van der Waals surface area contributed by atoms with Gasteiger partial charge in [-0.3, -0.25) is 9.59 Å². The zero-order valence-corrected chi connectivity index (χ0v) is 16.5. The van der Waals surface area contributed by atoms with Crippen molar-refractivity contribution in [3.63, 3.8) is 0 Å². The fourth-order valence-electron chi connectivity index (χ4n) is 3.37. The summed E-state index contributed by atoms with van der Waals surface area (Å²) in [6.45, 7) is 3.09. The third-order valence-corrected chi connectivity index (χ3v) is 4.96. The Morgan fingerprint density at radius 2 is 1.76 bits per heavy atom. The molecule has 29 heavy (non-hydrogen) atoms. The van der Waals surface area contributed by atoms with Crippen LogP contribution < -0.4 is 4.74 Å². The Balaban J connectivity index is 1.53. The lowest BCUT2D eigenvalue weighted by atomic mass is 9.98. The maximum atomic E-state index is 12.5. The van der Waals surface area contributed by atoms with Crippen molar-refractivity contribution in [1.82, 2.24) is 4.90 Å². The van der Waals surface area contributed by atoms with Gasteiger partial charge in [-0.15, -0.1) is 0 Å². The highest BCUT2D eigenvalue weighted by molar-refractivity contribution is 5.79. The van der Waals surface area contributed by atoms with Gasteiger partial charge in [0.05, 0.1) is 24.2 Å². The van der Waals surface area contributed by atoms with Crippen molar-refractivity contribution in [2.75, 3.05) is 26.3 Å². The molecule has 1 fully saturated rings. The van der Waals surface area contributed by atoms with E-state index >= 15 is 0 Å². The van der Waals surface area contributed by atoms with E-state index in [0.717, 1.165) is 24.0 Å². The smallest absolute Gasteiger partial charge is 0.310 e. The van der Waals surface area contributed by atoms with Crippen LogP contribution in [-0.4, -0.2) is 43.1 Å². The van der Waals surface area contributed by atoms with Crippen molar-refractivity contribution in [3.05, 3.63) is 54.1 Å². The maximum absolute atomic E-state index is 12.5. The second-order valence-electron chi connectivity index (χ2n) is 6.93. The van der Waals surface area contributed by atoms with Crippen molar-refractivity contribution in [2.24, 2.45) is 5.92 Å². The Morgan fingerprint density at radius 3 is 2.38 bits per heavy atom. The van der Waals surface area contributed by atoms with Gasteiger partial charge in [-0.1, -0.05) is 24.3 Å². The maximum Gasteiger partial charge on any atom is 0.310 e. The van der Waals surface area contributed by atoms with Gasteiger partial charge in [0.2, 0.25) is 0 Å². The summed E-state index contributed by atoms with van der Waals surface area (Å²) >= 11 is 0. The highest BCUT2D eigenvalue weighted by atomic mass is 16.5. The molecule has 1 aliphatic heterocycles. The van der Waals surface area contributed by atoms with Crippen LogP contribution in [0.5, 0.6) is 5.75 Å². The van der Waals surface area contributed by atoms with Crippen LogP contribution in [-0.2, 0) is 14.3 Å². The van der Waals surface area contributed by atoms with E-state index in [1.165, 1.54) is 0 Å². The van der Waals surface area contributed by atoms with Gasteiger partial charge in [0.1, 0.15) is 5.75 Å². The van der Waals surface area contributed by atoms with Gasteiger partial charge in [0, 0.05) is 13.1 Å². The van der Waals surface area contributed by atoms with Crippen molar-refractivity contribution < 1.29 is 19.1 Å². The molecular weight excluding hydrogens is 368 g/mol. The highest BCUT2D eigenvalue weighted by Gasteiger charge is 2.29. The molecule has 0 aromatic heterocycles. The van der Waals surface area contributed by atoms with Crippen molar-refractivity contribution in [1.29, 1.82) is 5.26 Å². The first-order valence-corrected chi connectivity index (χ1v) is 9.78. The third kappa shape index (κ3) is 5.35. The number of likely N-dealkylation sites (tertiary alicyclic amines) is 1. The minimum atomic E-state index is -0.251. The van der Waals surface area contributed by atoms with E-state index in [1.807, 2.05) is 36.4 Å². The van der Waals surface area contributed by atoms with Gasteiger partial charge >= 0.3 is 5.97 Å². The molecule has 2 aromatic rings. The fourth-order valence-corrected chi connectivity index (χ4v) is 3.37. The average Bonchev–Trinajstić information content (AvgIpc) is 2.78. The molecule has 0 bridgehead atoms. The first-order chi connectivity index (χ1) is 14.1. The van der Waals surface area contributed by atoms with Crippen molar-refractivity contribution in [3.8, 4) is 22.9 Å². The van der Waals surface area contributed by atoms with Crippen LogP contribution in [0, 0.1) is 17.2 Å². The van der Waals surface area contributed by atoms with E-state index in [1.54, 1.807) is 24.0 Å². The minimum absolute atomic E-state index is 0.0637. The Morgan fingerprint density at radius 1 is 1.10 bits per heavy atom. The Labute approximate surface area is 170 Å². The van der Waals surface area contributed by atoms with E-state index in [9.17, 15) is 9.59 Å². The summed E-state index contributed by atoms with van der Waals surface area (Å²) in [6, 6.07) is 16.9. The topological polar surface area (TPSA) is 79.6 Å². The van der Waals surface area contributed by atoms with Crippen molar-refractivity contribution in [2.45, 2.75) is 19.8 Å². The number of piperidine rings is 1. The second-order valence-corrected chi connectivity index (χ2v) is 6.93. The largest absolute Gasteiger partial charge is 0.484 e. The molecule has 0 aliphatic carbocycles. The molecule has 0 N–H and O–H groups in total. The number of hydrogen-bond donors (Lipinski definition) is 0. The number of hydrogen-bond acceptors (Lipinski definition) is 5. The van der Waals surface area contributed by atoms with Gasteiger partial charge in [0.25, 0.3) is 5.91 Å². The molecule has 1 unspecified atom stereocenters. The summed E-state index contributed by atoms with van der Waals surface area (Å²) in [4.78, 5) is 26.1. The lowest BCUT2D eigenvalue weighted by molar-refractivity contribution is -0.151. The van der Waals surface area contributed by atoms with Crippen LogP contribution in [0.15, 0.2) is 48.5 Å². The van der Waals surface area contributed by atoms with Crippen LogP contribution in [0.4, 0.5) is 0 Å². The number of rotatable bonds is 6. The molecule has 0 saturated carbocycles. The lowest BCUT2D eigenvalue weighted by Gasteiger charge is -2.31. The van der Waals surface area contributed by atoms with Crippen LogP contribution in [0.3, 0.4) is 0 Å². The van der Waals surface area contributed by atoms with E-state index < -0.39 is 0 Å². The molecule has 2 aromatic carbocycles. The first kappa shape index (κ1) is 20.4. The van der Waals surface area contributed by atoms with E-state index in [0.29, 0.717) is 31.0 Å². The van der Waals surface area contributed by atoms with E-state index in [4.69, 9.17) is 14.7 Å². The summed E-state index contributed by atoms with van der Waals surface area (Å²) in [5.41, 5.74) is 2.63. The molecule has 6 nitrogen and oxygen atoms in total. The Bertz CT molecular complexity index is 885. The second kappa shape index (κ2) is 9.74. The summed E-state index contributed by atoms with van der Waals surface area (Å²) in [7, 11) is 0. The molecule has 3 rings (SSSR count). The van der Waals surface area contributed by atoms with Crippen LogP contribution in [0.1, 0.15) is 25.3 Å². The van der Waals surface area contributed by atoms with Gasteiger partial charge in [0.15, 0.2) is 6.61 Å². The number of benzene rings is 2. The molecule has 0 radical (unpaired) electrons. The summed E-state index contributed by atoms with van der Waals surface area (Å²) < 4.78 is 10.7. The molecule has 1 atom stereocenters. The number of carbonyl (C=O) groups excluding carboxylic acids is 2. The highest BCUT2D eigenvalue weighted by Crippen LogP contribution is 2.23. The quantitative estimate of drug-likeness (QED) is 0.704. The van der Waals surface area contributed by atoms with Gasteiger partial charge in [-0.05, 0) is 55.2 Å². The first-order valence-electron chi connectivity index (χ1n) is 9.78. The number of amides is 1. The minimum Gasteiger partial charge on any atom is -0.484 e. The number of nitrogens with zero attached hydrogens (tertiary/aromatic N) is 2. The predicted molar refractivity (Wildman–Crippen MR) is 108 cm³/mol. The zero-order chi connectivity index (χ0) is 20.6. The number of carbonyl (C=O) groups is 2. The molecule has 1 heterocycles. The van der Waals surface area contributed by atoms with E-state index in [-0.39, 0.29) is 24.4 Å².